The van der Waals surface area contributed by atoms with E-state index in [9.17, 15) is 0 Å². The highest BCUT2D eigenvalue weighted by Gasteiger charge is 2.34. The van der Waals surface area contributed by atoms with Gasteiger partial charge in [0, 0.05) is 18.7 Å². The quantitative estimate of drug-likeness (QED) is 0.699. The van der Waals surface area contributed by atoms with Crippen molar-refractivity contribution < 1.29 is 4.74 Å². The van der Waals surface area contributed by atoms with Crippen LogP contribution in [0.4, 0.5) is 0 Å². The van der Waals surface area contributed by atoms with E-state index in [4.69, 9.17) is 4.74 Å². The molecule has 1 rings (SSSR count). The Morgan fingerprint density at radius 1 is 1.16 bits per heavy atom. The van der Waals surface area contributed by atoms with Crippen LogP contribution >= 0.6 is 0 Å². The van der Waals surface area contributed by atoms with Gasteiger partial charge in [-0.25, -0.2) is 0 Å². The van der Waals surface area contributed by atoms with Crippen LogP contribution in [0.25, 0.3) is 0 Å². The molecule has 0 spiro atoms. The fraction of sp³-hybridized carbons (Fsp3) is 1.00. The molecule has 0 aromatic carbocycles. The van der Waals surface area contributed by atoms with Crippen LogP contribution in [0.3, 0.4) is 0 Å². The molecular weight excluding hydrogens is 234 g/mol. The maximum absolute atomic E-state index is 6.07. The molecule has 1 aliphatic rings. The highest BCUT2D eigenvalue weighted by atomic mass is 16.5. The number of ether oxygens (including phenoxy) is 1. The van der Waals surface area contributed by atoms with Crippen molar-refractivity contribution in [1.82, 2.24) is 5.32 Å². The summed E-state index contributed by atoms with van der Waals surface area (Å²) < 4.78 is 6.07. The summed E-state index contributed by atoms with van der Waals surface area (Å²) in [5.74, 6) is 0.833. The minimum atomic E-state index is 0.143. The van der Waals surface area contributed by atoms with E-state index >= 15 is 0 Å². The van der Waals surface area contributed by atoms with Crippen LogP contribution in [0.1, 0.15) is 79.6 Å². The lowest BCUT2D eigenvalue weighted by molar-refractivity contribution is -0.0943. The van der Waals surface area contributed by atoms with Crippen LogP contribution in [0.15, 0.2) is 0 Å². The smallest absolute Gasteiger partial charge is 0.0692 e. The first kappa shape index (κ1) is 17.0. The second kappa shape index (κ2) is 8.26. The molecule has 0 aliphatic carbocycles. The molecule has 3 atom stereocenters. The van der Waals surface area contributed by atoms with Gasteiger partial charge in [-0.3, -0.25) is 0 Å². The van der Waals surface area contributed by atoms with Gasteiger partial charge in [0.2, 0.25) is 0 Å². The number of hydrogen-bond donors (Lipinski definition) is 1. The van der Waals surface area contributed by atoms with Crippen molar-refractivity contribution in [3.05, 3.63) is 0 Å². The first-order valence-corrected chi connectivity index (χ1v) is 8.49. The molecule has 0 radical (unpaired) electrons. The van der Waals surface area contributed by atoms with Crippen molar-refractivity contribution in [2.75, 3.05) is 6.61 Å². The van der Waals surface area contributed by atoms with Crippen LogP contribution in [0, 0.1) is 5.92 Å². The lowest BCUT2D eigenvalue weighted by Crippen LogP contribution is -2.49. The van der Waals surface area contributed by atoms with E-state index in [-0.39, 0.29) is 5.60 Å². The SMILES string of the molecule is CCC(C)CC(CC)NC1CCOC(CC)(CC)C1. The third-order valence-corrected chi connectivity index (χ3v) is 5.13. The first-order valence-electron chi connectivity index (χ1n) is 8.49. The lowest BCUT2D eigenvalue weighted by Gasteiger charge is -2.41. The van der Waals surface area contributed by atoms with Gasteiger partial charge in [0.1, 0.15) is 0 Å². The molecular formula is C17H35NO. The Hall–Kier alpha value is -0.0800. The van der Waals surface area contributed by atoms with E-state index in [2.05, 4.69) is 39.9 Å². The maximum atomic E-state index is 6.07. The molecule has 3 unspecified atom stereocenters. The molecule has 0 amide bonds. The first-order chi connectivity index (χ1) is 9.09. The van der Waals surface area contributed by atoms with E-state index < -0.39 is 0 Å². The van der Waals surface area contributed by atoms with Gasteiger partial charge in [0.25, 0.3) is 0 Å². The van der Waals surface area contributed by atoms with Crippen LogP contribution < -0.4 is 5.32 Å². The normalized spacial score (nSPS) is 26.1. The standard InChI is InChI=1S/C17H35NO/c1-6-14(5)12-15(7-2)18-16-10-11-19-17(8-3,9-4)13-16/h14-16,18H,6-13H2,1-5H3. The lowest BCUT2D eigenvalue weighted by atomic mass is 9.85. The summed E-state index contributed by atoms with van der Waals surface area (Å²) in [5, 5.41) is 3.91. The van der Waals surface area contributed by atoms with Crippen LogP contribution in [0.2, 0.25) is 0 Å². The van der Waals surface area contributed by atoms with Crippen LogP contribution in [-0.2, 0) is 4.74 Å². The van der Waals surface area contributed by atoms with Gasteiger partial charge in [-0.05, 0) is 44.4 Å². The number of rotatable bonds is 8. The zero-order valence-corrected chi connectivity index (χ0v) is 13.8. The van der Waals surface area contributed by atoms with Crippen molar-refractivity contribution in [2.45, 2.75) is 97.2 Å². The molecule has 1 heterocycles. The third kappa shape index (κ3) is 5.07. The van der Waals surface area contributed by atoms with E-state index in [1.807, 2.05) is 0 Å². The van der Waals surface area contributed by atoms with Gasteiger partial charge in [0.15, 0.2) is 0 Å². The summed E-state index contributed by atoms with van der Waals surface area (Å²) in [5.41, 5.74) is 0.143. The molecule has 1 N–H and O–H groups in total. The second-order valence-corrected chi connectivity index (χ2v) is 6.45. The number of nitrogens with one attached hydrogen (secondary N) is 1. The van der Waals surface area contributed by atoms with Gasteiger partial charge >= 0.3 is 0 Å². The monoisotopic (exact) mass is 269 g/mol. The Bertz CT molecular complexity index is 237. The minimum Gasteiger partial charge on any atom is -0.375 e. The fourth-order valence-electron chi connectivity index (χ4n) is 3.25. The zero-order valence-electron chi connectivity index (χ0n) is 13.8. The van der Waals surface area contributed by atoms with E-state index in [0.717, 1.165) is 25.4 Å². The van der Waals surface area contributed by atoms with Crippen molar-refractivity contribution in [2.24, 2.45) is 5.92 Å². The minimum absolute atomic E-state index is 0.143. The van der Waals surface area contributed by atoms with E-state index in [1.54, 1.807) is 0 Å². The Morgan fingerprint density at radius 2 is 1.84 bits per heavy atom. The summed E-state index contributed by atoms with van der Waals surface area (Å²) in [6, 6.07) is 1.34. The molecule has 2 heteroatoms. The summed E-state index contributed by atoms with van der Waals surface area (Å²) in [6.07, 6.45) is 8.51. The molecule has 0 saturated carbocycles. The molecule has 0 aromatic rings. The van der Waals surface area contributed by atoms with Gasteiger partial charge in [-0.2, -0.15) is 0 Å². The van der Waals surface area contributed by atoms with Crippen molar-refractivity contribution in [3.63, 3.8) is 0 Å². The third-order valence-electron chi connectivity index (χ3n) is 5.13. The second-order valence-electron chi connectivity index (χ2n) is 6.45. The molecule has 0 aromatic heterocycles. The van der Waals surface area contributed by atoms with Crippen LogP contribution in [-0.4, -0.2) is 24.3 Å². The molecule has 1 fully saturated rings. The Kier molecular flexibility index (Phi) is 7.38. The summed E-state index contributed by atoms with van der Waals surface area (Å²) in [4.78, 5) is 0. The van der Waals surface area contributed by atoms with Gasteiger partial charge in [0.05, 0.1) is 5.60 Å². The van der Waals surface area contributed by atoms with E-state index in [0.29, 0.717) is 12.1 Å². The zero-order chi connectivity index (χ0) is 14.3. The molecule has 1 saturated heterocycles. The topological polar surface area (TPSA) is 21.3 Å². The highest BCUT2D eigenvalue weighted by molar-refractivity contribution is 4.89. The van der Waals surface area contributed by atoms with Crippen molar-refractivity contribution in [1.29, 1.82) is 0 Å². The average molecular weight is 269 g/mol. The van der Waals surface area contributed by atoms with Gasteiger partial charge < -0.3 is 10.1 Å². The largest absolute Gasteiger partial charge is 0.375 e. The molecule has 19 heavy (non-hydrogen) atoms. The van der Waals surface area contributed by atoms with Crippen LogP contribution in [0.5, 0.6) is 0 Å². The summed E-state index contributed by atoms with van der Waals surface area (Å²) in [7, 11) is 0. The van der Waals surface area contributed by atoms with Crippen molar-refractivity contribution in [3.8, 4) is 0 Å². The van der Waals surface area contributed by atoms with E-state index in [1.165, 1.54) is 32.1 Å². The molecule has 1 aliphatic heterocycles. The van der Waals surface area contributed by atoms with Gasteiger partial charge in [-0.1, -0.05) is 41.0 Å². The predicted molar refractivity (Wildman–Crippen MR) is 83.6 cm³/mol. The maximum Gasteiger partial charge on any atom is 0.0692 e. The van der Waals surface area contributed by atoms with Crippen molar-refractivity contribution >= 4 is 0 Å². The van der Waals surface area contributed by atoms with Gasteiger partial charge in [-0.15, -0.1) is 0 Å². The Morgan fingerprint density at radius 3 is 2.37 bits per heavy atom. The average Bonchev–Trinajstić information content (AvgIpc) is 2.46. The summed E-state index contributed by atoms with van der Waals surface area (Å²) >= 11 is 0. The number of hydrogen-bond acceptors (Lipinski definition) is 2. The molecule has 2 nitrogen and oxygen atoms in total. The Balaban J connectivity index is 2.50. The summed E-state index contributed by atoms with van der Waals surface area (Å²) in [6.45, 7) is 12.4. The predicted octanol–water partition coefficient (Wildman–Crippen LogP) is 4.53. The fourth-order valence-corrected chi connectivity index (χ4v) is 3.25. The Labute approximate surface area is 120 Å². The highest BCUT2D eigenvalue weighted by Crippen LogP contribution is 2.31. The molecule has 0 bridgehead atoms. The molecule has 114 valence electrons.